The van der Waals surface area contributed by atoms with E-state index >= 15 is 0 Å². The van der Waals surface area contributed by atoms with Gasteiger partial charge in [0.1, 0.15) is 0 Å². The Hall–Kier alpha value is -0.940. The number of rotatable bonds is 5. The zero-order chi connectivity index (χ0) is 14.6. The fraction of sp³-hybridized carbons (Fsp3) is 0.625. The van der Waals surface area contributed by atoms with Gasteiger partial charge in [-0.1, -0.05) is 37.3 Å². The Morgan fingerprint density at radius 2 is 2.10 bits per heavy atom. The van der Waals surface area contributed by atoms with Gasteiger partial charge in [-0.15, -0.1) is 0 Å². The molecule has 112 valence electrons. The Labute approximate surface area is 121 Å². The highest BCUT2D eigenvalue weighted by Gasteiger charge is 2.33. The van der Waals surface area contributed by atoms with E-state index in [-0.39, 0.29) is 12.7 Å². The summed E-state index contributed by atoms with van der Waals surface area (Å²) in [5, 5.41) is 9.76. The molecular weight excluding hydrogens is 252 g/mol. The van der Waals surface area contributed by atoms with Crippen LogP contribution in [0.1, 0.15) is 18.9 Å². The molecule has 2 rings (SSSR count). The lowest BCUT2D eigenvalue weighted by Gasteiger charge is -2.40. The highest BCUT2D eigenvalue weighted by atomic mass is 16.5. The standard InChI is InChI=1S/C16H26N2O2/c1-13-8-9-18(10-15(13)20-2)11-16(17,12-19)14-6-4-3-5-7-14/h3-7,13,15,19H,8-12,17H2,1-2H3. The summed E-state index contributed by atoms with van der Waals surface area (Å²) in [6, 6.07) is 9.85. The van der Waals surface area contributed by atoms with Crippen LogP contribution in [0.2, 0.25) is 0 Å². The predicted octanol–water partition coefficient (Wildman–Crippen LogP) is 1.19. The van der Waals surface area contributed by atoms with Gasteiger partial charge in [0, 0.05) is 20.2 Å². The number of nitrogens with zero attached hydrogens (tertiary/aromatic N) is 1. The average Bonchev–Trinajstić information content (AvgIpc) is 2.50. The Kier molecular flexibility index (Phi) is 5.16. The van der Waals surface area contributed by atoms with E-state index in [1.807, 2.05) is 30.3 Å². The lowest BCUT2D eigenvalue weighted by atomic mass is 9.89. The van der Waals surface area contributed by atoms with Crippen LogP contribution >= 0.6 is 0 Å². The summed E-state index contributed by atoms with van der Waals surface area (Å²) in [5.74, 6) is 0.578. The van der Waals surface area contributed by atoms with Crippen molar-refractivity contribution in [3.05, 3.63) is 35.9 Å². The van der Waals surface area contributed by atoms with Crippen molar-refractivity contribution >= 4 is 0 Å². The zero-order valence-corrected chi connectivity index (χ0v) is 12.5. The first-order valence-electron chi connectivity index (χ1n) is 7.29. The predicted molar refractivity (Wildman–Crippen MR) is 80.4 cm³/mol. The van der Waals surface area contributed by atoms with E-state index in [0.29, 0.717) is 12.5 Å². The molecule has 1 heterocycles. The van der Waals surface area contributed by atoms with E-state index in [0.717, 1.165) is 25.1 Å². The number of likely N-dealkylation sites (tertiary alicyclic amines) is 1. The first kappa shape index (κ1) is 15.4. The second-order valence-electron chi connectivity index (χ2n) is 5.96. The first-order valence-corrected chi connectivity index (χ1v) is 7.29. The fourth-order valence-electron chi connectivity index (χ4n) is 2.95. The van der Waals surface area contributed by atoms with Gasteiger partial charge >= 0.3 is 0 Å². The Balaban J connectivity index is 2.07. The number of methoxy groups -OCH3 is 1. The third-order valence-electron chi connectivity index (χ3n) is 4.41. The second kappa shape index (κ2) is 6.68. The zero-order valence-electron chi connectivity index (χ0n) is 12.5. The minimum atomic E-state index is -0.708. The summed E-state index contributed by atoms with van der Waals surface area (Å²) < 4.78 is 5.54. The molecule has 0 aromatic heterocycles. The minimum Gasteiger partial charge on any atom is -0.394 e. The molecule has 0 radical (unpaired) electrons. The average molecular weight is 278 g/mol. The van der Waals surface area contributed by atoms with E-state index in [1.165, 1.54) is 0 Å². The molecule has 1 fully saturated rings. The van der Waals surface area contributed by atoms with Gasteiger partial charge in [-0.3, -0.25) is 4.90 Å². The monoisotopic (exact) mass is 278 g/mol. The molecule has 1 aliphatic rings. The number of piperidine rings is 1. The van der Waals surface area contributed by atoms with Crippen molar-refractivity contribution in [1.29, 1.82) is 0 Å². The van der Waals surface area contributed by atoms with Crippen molar-refractivity contribution in [2.24, 2.45) is 11.7 Å². The maximum Gasteiger partial charge on any atom is 0.0772 e. The van der Waals surface area contributed by atoms with Crippen LogP contribution in [0.5, 0.6) is 0 Å². The SMILES string of the molecule is COC1CN(CC(N)(CO)c2ccccc2)CCC1C. The number of benzene rings is 1. The Bertz CT molecular complexity index is 412. The van der Waals surface area contributed by atoms with Crippen LogP contribution in [-0.2, 0) is 10.3 Å². The molecule has 3 unspecified atom stereocenters. The van der Waals surface area contributed by atoms with Gasteiger partial charge in [0.05, 0.1) is 18.2 Å². The summed E-state index contributed by atoms with van der Waals surface area (Å²) >= 11 is 0. The van der Waals surface area contributed by atoms with E-state index in [2.05, 4.69) is 11.8 Å². The molecular formula is C16H26N2O2. The molecule has 1 aromatic rings. The number of aliphatic hydroxyl groups is 1. The largest absolute Gasteiger partial charge is 0.394 e. The van der Waals surface area contributed by atoms with Gasteiger partial charge in [-0.2, -0.15) is 0 Å². The van der Waals surface area contributed by atoms with Crippen LogP contribution in [0.25, 0.3) is 0 Å². The van der Waals surface area contributed by atoms with E-state index in [1.54, 1.807) is 7.11 Å². The number of aliphatic hydroxyl groups excluding tert-OH is 1. The van der Waals surface area contributed by atoms with Gasteiger partial charge in [0.2, 0.25) is 0 Å². The van der Waals surface area contributed by atoms with Gasteiger partial charge < -0.3 is 15.6 Å². The molecule has 3 N–H and O–H groups in total. The maximum absolute atomic E-state index is 9.76. The molecule has 4 heteroatoms. The maximum atomic E-state index is 9.76. The normalized spacial score (nSPS) is 27.2. The second-order valence-corrected chi connectivity index (χ2v) is 5.96. The Morgan fingerprint density at radius 3 is 2.70 bits per heavy atom. The van der Waals surface area contributed by atoms with Crippen LogP contribution < -0.4 is 5.73 Å². The van der Waals surface area contributed by atoms with Crippen molar-refractivity contribution in [3.8, 4) is 0 Å². The van der Waals surface area contributed by atoms with Gasteiger partial charge in [-0.25, -0.2) is 0 Å². The van der Waals surface area contributed by atoms with Crippen LogP contribution in [0.3, 0.4) is 0 Å². The molecule has 0 aliphatic carbocycles. The summed E-state index contributed by atoms with van der Waals surface area (Å²) in [5.41, 5.74) is 6.71. The van der Waals surface area contributed by atoms with Crippen molar-refractivity contribution in [1.82, 2.24) is 4.90 Å². The quantitative estimate of drug-likeness (QED) is 0.849. The lowest BCUT2D eigenvalue weighted by molar-refractivity contribution is -0.0149. The third-order valence-corrected chi connectivity index (χ3v) is 4.41. The molecule has 1 saturated heterocycles. The van der Waals surface area contributed by atoms with Crippen molar-refractivity contribution in [2.75, 3.05) is 33.4 Å². The highest BCUT2D eigenvalue weighted by molar-refractivity contribution is 5.24. The summed E-state index contributed by atoms with van der Waals surface area (Å²) in [7, 11) is 1.77. The van der Waals surface area contributed by atoms with Crippen molar-refractivity contribution in [2.45, 2.75) is 25.0 Å². The molecule has 0 bridgehead atoms. The van der Waals surface area contributed by atoms with Crippen molar-refractivity contribution < 1.29 is 9.84 Å². The number of nitrogens with two attached hydrogens (primary N) is 1. The van der Waals surface area contributed by atoms with Gasteiger partial charge in [0.25, 0.3) is 0 Å². The highest BCUT2D eigenvalue weighted by Crippen LogP contribution is 2.24. The van der Waals surface area contributed by atoms with Crippen LogP contribution in [0, 0.1) is 5.92 Å². The number of hydrogen-bond donors (Lipinski definition) is 2. The molecule has 0 amide bonds. The number of hydrogen-bond acceptors (Lipinski definition) is 4. The minimum absolute atomic E-state index is 0.0548. The van der Waals surface area contributed by atoms with E-state index < -0.39 is 5.54 Å². The molecule has 1 aromatic carbocycles. The molecule has 1 aliphatic heterocycles. The molecule has 0 spiro atoms. The van der Waals surface area contributed by atoms with Crippen molar-refractivity contribution in [3.63, 3.8) is 0 Å². The van der Waals surface area contributed by atoms with Gasteiger partial charge in [-0.05, 0) is 24.4 Å². The lowest BCUT2D eigenvalue weighted by Crippen LogP contribution is -2.54. The Morgan fingerprint density at radius 1 is 1.40 bits per heavy atom. The summed E-state index contributed by atoms with van der Waals surface area (Å²) in [4.78, 5) is 2.30. The third kappa shape index (κ3) is 3.38. The fourth-order valence-corrected chi connectivity index (χ4v) is 2.95. The molecule has 20 heavy (non-hydrogen) atoms. The summed E-state index contributed by atoms with van der Waals surface area (Å²) in [6.45, 7) is 4.71. The van der Waals surface area contributed by atoms with E-state index in [4.69, 9.17) is 10.5 Å². The molecule has 4 nitrogen and oxygen atoms in total. The molecule has 3 atom stereocenters. The molecule has 0 saturated carbocycles. The topological polar surface area (TPSA) is 58.7 Å². The van der Waals surface area contributed by atoms with E-state index in [9.17, 15) is 5.11 Å². The first-order chi connectivity index (χ1) is 9.59. The smallest absolute Gasteiger partial charge is 0.0772 e. The van der Waals surface area contributed by atoms with Crippen LogP contribution in [0.15, 0.2) is 30.3 Å². The van der Waals surface area contributed by atoms with Crippen LogP contribution in [-0.4, -0.2) is 49.5 Å². The summed E-state index contributed by atoms with van der Waals surface area (Å²) in [6.07, 6.45) is 1.36. The van der Waals surface area contributed by atoms with Gasteiger partial charge in [0.15, 0.2) is 0 Å². The number of ether oxygens (including phenoxy) is 1. The van der Waals surface area contributed by atoms with Crippen LogP contribution in [0.4, 0.5) is 0 Å².